The van der Waals surface area contributed by atoms with Crippen LogP contribution in [0.15, 0.2) is 146 Å². The van der Waals surface area contributed by atoms with E-state index in [9.17, 15) is 0 Å². The van der Waals surface area contributed by atoms with E-state index in [-0.39, 0.29) is 26.2 Å². The van der Waals surface area contributed by atoms with Gasteiger partial charge in [-0.3, -0.25) is 0 Å². The zero-order valence-corrected chi connectivity index (χ0v) is 50.6. The highest BCUT2D eigenvalue weighted by Gasteiger charge is 2.51. The smallest absolute Gasteiger partial charge is 0.489 e. The molecular weight excluding hydrogens is 1110 g/mol. The topological polar surface area (TPSA) is 115 Å². The fourth-order valence-electron chi connectivity index (χ4n) is 10.9. The molecule has 0 unspecified atom stereocenters. The lowest BCUT2D eigenvalue weighted by Gasteiger charge is -2.39. The predicted octanol–water partition coefficient (Wildman–Crippen LogP) is 19.3. The number of ether oxygens (including phenoxy) is 2. The van der Waals surface area contributed by atoms with Crippen molar-refractivity contribution >= 4 is 119 Å². The van der Waals surface area contributed by atoms with E-state index in [4.69, 9.17) is 39.1 Å². The second-order valence-corrected chi connectivity index (χ2v) is 26.3. The fraction of sp³-hybridized carbons (Fsp3) is 0.354. The highest BCUT2D eigenvalue weighted by atomic mass is 79.9. The first-order valence-electron chi connectivity index (χ1n) is 27.0. The molecule has 4 N–H and O–H groups in total. The summed E-state index contributed by atoms with van der Waals surface area (Å²) in [5, 5.41) is 5.59. The van der Waals surface area contributed by atoms with E-state index in [1.165, 1.54) is 69.8 Å². The van der Waals surface area contributed by atoms with Crippen molar-refractivity contribution in [2.24, 2.45) is 0 Å². The molecule has 2 aliphatic carbocycles. The van der Waals surface area contributed by atoms with Crippen molar-refractivity contribution in [3.05, 3.63) is 148 Å². The van der Waals surface area contributed by atoms with Crippen LogP contribution in [0.4, 0.5) is 11.4 Å². The van der Waals surface area contributed by atoms with Crippen LogP contribution in [0.5, 0.6) is 11.5 Å². The Bertz CT molecular complexity index is 3380. The zero-order valence-electron chi connectivity index (χ0n) is 46.5. The Hall–Kier alpha value is -5.29. The maximum Gasteiger partial charge on any atom is 0.489 e. The SMILES string of the molecule is C=C(C)B1OC(C)(C)C(C)(C)O1.C=C(C)c1cc(C(=C)C)c2oc3ccccc3c2c1N.COc1cccc(OC)c1-c1cccc(P(C2CCCCC2)C2CCCCC2)c1.Nc1c(Br)cc(Br)c2oc3ccccc3c12. The van der Waals surface area contributed by atoms with E-state index in [0.717, 1.165) is 115 Å². The Kier molecular flexibility index (Phi) is 18.6. The van der Waals surface area contributed by atoms with Crippen LogP contribution in [0.25, 0.3) is 66.2 Å². The molecule has 0 amide bonds. The second-order valence-electron chi connectivity index (χ2n) is 21.8. The molecule has 3 fully saturated rings. The van der Waals surface area contributed by atoms with Crippen LogP contribution < -0.4 is 26.2 Å². The summed E-state index contributed by atoms with van der Waals surface area (Å²) < 4.78 is 36.3. The third kappa shape index (κ3) is 12.5. The van der Waals surface area contributed by atoms with Crippen molar-refractivity contribution in [1.29, 1.82) is 0 Å². The minimum Gasteiger partial charge on any atom is -0.496 e. The van der Waals surface area contributed by atoms with Gasteiger partial charge in [0, 0.05) is 26.4 Å². The number of hydrogen-bond donors (Lipinski definition) is 2. The number of hydrogen-bond acceptors (Lipinski definition) is 8. The van der Waals surface area contributed by atoms with Crippen molar-refractivity contribution < 1.29 is 27.6 Å². The number of nitrogens with two attached hydrogens (primary N) is 2. The minimum absolute atomic E-state index is 0.108. The molecule has 0 bridgehead atoms. The van der Waals surface area contributed by atoms with Gasteiger partial charge in [0.1, 0.15) is 28.2 Å². The average molecular weight is 1180 g/mol. The molecule has 8 aromatic rings. The van der Waals surface area contributed by atoms with Crippen molar-refractivity contribution in [3.63, 3.8) is 0 Å². The van der Waals surface area contributed by atoms with Crippen LogP contribution in [0, 0.1) is 0 Å². The second kappa shape index (κ2) is 24.8. The lowest BCUT2D eigenvalue weighted by molar-refractivity contribution is 0.00578. The summed E-state index contributed by atoms with van der Waals surface area (Å²) in [5.74, 6) is 1.78. The summed E-state index contributed by atoms with van der Waals surface area (Å²) in [7, 11) is 3.15. The molecule has 0 atom stereocenters. The first kappa shape index (κ1) is 57.9. The molecule has 11 rings (SSSR count). The maximum atomic E-state index is 6.35. The number of para-hydroxylation sites is 2. The Morgan fingerprint density at radius 2 is 1.06 bits per heavy atom. The number of furan rings is 2. The lowest BCUT2D eigenvalue weighted by atomic mass is 9.81. The predicted molar refractivity (Wildman–Crippen MR) is 337 cm³/mol. The maximum absolute atomic E-state index is 6.35. The summed E-state index contributed by atoms with van der Waals surface area (Å²) in [5.41, 5.74) is 25.6. The van der Waals surface area contributed by atoms with Gasteiger partial charge in [-0.2, -0.15) is 0 Å². The van der Waals surface area contributed by atoms with Crippen LogP contribution in [0.2, 0.25) is 0 Å². The fourth-order valence-corrected chi connectivity index (χ4v) is 16.0. The van der Waals surface area contributed by atoms with Crippen LogP contribution in [0.3, 0.4) is 0 Å². The van der Waals surface area contributed by atoms with Crippen LogP contribution >= 0.6 is 39.8 Å². The van der Waals surface area contributed by atoms with E-state index in [1.54, 1.807) is 19.5 Å². The molecule has 6 aromatic carbocycles. The number of allylic oxidation sites excluding steroid dienone is 3. The van der Waals surface area contributed by atoms with Gasteiger partial charge in [0.05, 0.1) is 57.6 Å². The van der Waals surface area contributed by atoms with Crippen molar-refractivity contribution in [2.45, 2.75) is 135 Å². The Morgan fingerprint density at radius 3 is 1.55 bits per heavy atom. The zero-order chi connectivity index (χ0) is 55.3. The molecule has 0 radical (unpaired) electrons. The summed E-state index contributed by atoms with van der Waals surface area (Å²) >= 11 is 6.92. The van der Waals surface area contributed by atoms with Gasteiger partial charge in [0.25, 0.3) is 0 Å². The normalized spacial score (nSPS) is 16.3. The van der Waals surface area contributed by atoms with Gasteiger partial charge in [-0.15, -0.1) is 6.58 Å². The monoisotopic (exact) mass is 1180 g/mol. The summed E-state index contributed by atoms with van der Waals surface area (Å²) in [6.45, 7) is 25.9. The number of methoxy groups -OCH3 is 2. The number of halogens is 2. The molecular formula is C65H76BBr2N2O6P. The summed E-state index contributed by atoms with van der Waals surface area (Å²) in [6, 6.07) is 35.2. The number of rotatable bonds is 9. The Labute approximate surface area is 475 Å². The van der Waals surface area contributed by atoms with Crippen LogP contribution in [0.1, 0.15) is 124 Å². The average Bonchev–Trinajstić information content (AvgIpc) is 4.21. The van der Waals surface area contributed by atoms with E-state index in [0.29, 0.717) is 5.69 Å². The number of fused-ring (bicyclic) bond motifs is 6. The van der Waals surface area contributed by atoms with Crippen molar-refractivity contribution in [3.8, 4) is 22.6 Å². The molecule has 3 aliphatic rings. The summed E-state index contributed by atoms with van der Waals surface area (Å²) in [6.07, 6.45) is 14.3. The van der Waals surface area contributed by atoms with Gasteiger partial charge < -0.3 is 39.1 Å². The Balaban J connectivity index is 0.000000143. The van der Waals surface area contributed by atoms with Crippen LogP contribution in [-0.4, -0.2) is 43.9 Å². The largest absolute Gasteiger partial charge is 0.496 e. The standard InChI is InChI=1S/C26H35O2P.C18H17NO.C12H7Br2NO.C9H17BO2/c1-27-24-17-10-18-25(28-2)26(24)20-11-9-16-23(19-20)29(21-12-5-3-6-13-21)22-14-7-4-8-15-22;1-10(2)13-9-14(11(3)4)18-16(17(13)19)12-7-5-6-8-15(12)20-18;13-7-5-8(14)12-10(11(7)15)6-3-1-2-4-9(6)16-12;1-7(2)10-11-8(3,4)9(5,6)12-10/h9-11,16-19,21-22H,3-8,12-15H2,1-2H3;5-9H,1,3,19H2,2,4H3;1-5H,15H2;1H2,2-6H3. The number of nitrogen functional groups attached to an aromatic ring is 2. The van der Waals surface area contributed by atoms with Gasteiger partial charge in [-0.25, -0.2) is 0 Å². The third-order valence-corrected chi connectivity index (χ3v) is 20.4. The molecule has 77 heavy (non-hydrogen) atoms. The molecule has 3 heterocycles. The summed E-state index contributed by atoms with van der Waals surface area (Å²) in [4.78, 5) is 0. The molecule has 2 aromatic heterocycles. The molecule has 2 saturated carbocycles. The molecule has 0 spiro atoms. The third-order valence-electron chi connectivity index (χ3n) is 15.7. The molecule has 1 saturated heterocycles. The molecule has 404 valence electrons. The minimum atomic E-state index is -0.241. The quantitative estimate of drug-likeness (QED) is 0.0834. The van der Waals surface area contributed by atoms with Gasteiger partial charge in [-0.05, 0) is 182 Å². The van der Waals surface area contributed by atoms with Gasteiger partial charge in [0.15, 0.2) is 5.58 Å². The molecule has 12 heteroatoms. The van der Waals surface area contributed by atoms with Gasteiger partial charge in [0.2, 0.25) is 0 Å². The Morgan fingerprint density at radius 1 is 0.584 bits per heavy atom. The van der Waals surface area contributed by atoms with Gasteiger partial charge >= 0.3 is 7.12 Å². The van der Waals surface area contributed by atoms with E-state index < -0.39 is 0 Å². The van der Waals surface area contributed by atoms with E-state index in [1.807, 2.05) is 127 Å². The van der Waals surface area contributed by atoms with Crippen LogP contribution in [-0.2, 0) is 9.31 Å². The highest BCUT2D eigenvalue weighted by Crippen LogP contribution is 2.55. The number of benzene rings is 6. The van der Waals surface area contributed by atoms with Crippen molar-refractivity contribution in [2.75, 3.05) is 25.7 Å². The number of anilines is 2. The molecule has 1 aliphatic heterocycles. The highest BCUT2D eigenvalue weighted by molar-refractivity contribution is 9.11. The van der Waals surface area contributed by atoms with Gasteiger partial charge in [-0.1, -0.05) is 126 Å². The molecule has 8 nitrogen and oxygen atoms in total. The van der Waals surface area contributed by atoms with E-state index >= 15 is 0 Å². The first-order chi connectivity index (χ1) is 36.8. The lowest BCUT2D eigenvalue weighted by Crippen LogP contribution is -2.41. The van der Waals surface area contributed by atoms with Crippen molar-refractivity contribution in [1.82, 2.24) is 0 Å². The van der Waals surface area contributed by atoms with E-state index in [2.05, 4.69) is 75.9 Å². The first-order valence-corrected chi connectivity index (χ1v) is 30.0.